The van der Waals surface area contributed by atoms with Crippen LogP contribution in [0.2, 0.25) is 5.15 Å². The van der Waals surface area contributed by atoms with Gasteiger partial charge in [0.15, 0.2) is 5.15 Å². The van der Waals surface area contributed by atoms with Crippen LogP contribution >= 0.6 is 11.6 Å². The lowest BCUT2D eigenvalue weighted by atomic mass is 10.2. The lowest BCUT2D eigenvalue weighted by molar-refractivity contribution is 0.102. The van der Waals surface area contributed by atoms with Gasteiger partial charge in [0.05, 0.1) is 5.69 Å². The zero-order chi connectivity index (χ0) is 12.3. The molecule has 86 valence electrons. The van der Waals surface area contributed by atoms with Crippen LogP contribution in [0.4, 0.5) is 11.4 Å². The normalized spacial score (nSPS) is 9.94. The second-order valence-corrected chi connectivity index (χ2v) is 3.78. The molecule has 1 amide bonds. The number of nitrogen functional groups attached to an aromatic ring is 1. The molecule has 17 heavy (non-hydrogen) atoms. The van der Waals surface area contributed by atoms with Gasteiger partial charge in [0, 0.05) is 17.4 Å². The molecule has 0 atom stereocenters. The quantitative estimate of drug-likeness (QED) is 0.633. The van der Waals surface area contributed by atoms with Crippen LogP contribution in [0, 0.1) is 0 Å². The minimum atomic E-state index is -0.250. The Kier molecular flexibility index (Phi) is 3.25. The van der Waals surface area contributed by atoms with Gasteiger partial charge in [0.1, 0.15) is 0 Å². The first kappa shape index (κ1) is 11.4. The maximum atomic E-state index is 11.8. The third-order valence-corrected chi connectivity index (χ3v) is 2.48. The number of pyridine rings is 1. The molecule has 1 aromatic carbocycles. The van der Waals surface area contributed by atoms with Crippen LogP contribution in [0.1, 0.15) is 10.4 Å². The summed E-state index contributed by atoms with van der Waals surface area (Å²) in [5.41, 5.74) is 7.15. The van der Waals surface area contributed by atoms with E-state index in [-0.39, 0.29) is 11.1 Å². The van der Waals surface area contributed by atoms with Gasteiger partial charge in [-0.25, -0.2) is 4.98 Å². The van der Waals surface area contributed by atoms with Crippen molar-refractivity contribution in [3.63, 3.8) is 0 Å². The van der Waals surface area contributed by atoms with Crippen molar-refractivity contribution >= 4 is 28.9 Å². The Bertz CT molecular complexity index is 540. The van der Waals surface area contributed by atoms with E-state index in [0.717, 1.165) is 0 Å². The van der Waals surface area contributed by atoms with E-state index in [4.69, 9.17) is 17.3 Å². The third kappa shape index (κ3) is 2.73. The van der Waals surface area contributed by atoms with E-state index in [1.165, 1.54) is 0 Å². The lowest BCUT2D eigenvalue weighted by Gasteiger charge is -2.06. The van der Waals surface area contributed by atoms with Crippen molar-refractivity contribution in [1.82, 2.24) is 4.98 Å². The highest BCUT2D eigenvalue weighted by atomic mass is 35.5. The van der Waals surface area contributed by atoms with Gasteiger partial charge in [-0.3, -0.25) is 4.79 Å². The van der Waals surface area contributed by atoms with E-state index in [9.17, 15) is 4.79 Å². The zero-order valence-electron chi connectivity index (χ0n) is 8.85. The summed E-state index contributed by atoms with van der Waals surface area (Å²) < 4.78 is 0. The molecule has 0 fully saturated rings. The fraction of sp³-hybridized carbons (Fsp3) is 0. The Morgan fingerprint density at radius 2 is 1.94 bits per heavy atom. The Balaban J connectivity index is 2.17. The highest BCUT2D eigenvalue weighted by Crippen LogP contribution is 2.18. The number of benzene rings is 1. The maximum Gasteiger partial charge on any atom is 0.255 e. The van der Waals surface area contributed by atoms with Gasteiger partial charge < -0.3 is 11.1 Å². The van der Waals surface area contributed by atoms with E-state index in [0.29, 0.717) is 16.9 Å². The average Bonchev–Trinajstić information content (AvgIpc) is 2.33. The predicted molar refractivity (Wildman–Crippen MR) is 68.1 cm³/mol. The summed E-state index contributed by atoms with van der Waals surface area (Å²) in [6.45, 7) is 0. The van der Waals surface area contributed by atoms with Crippen molar-refractivity contribution in [3.05, 3.63) is 53.3 Å². The van der Waals surface area contributed by atoms with Crippen molar-refractivity contribution < 1.29 is 4.79 Å². The predicted octanol–water partition coefficient (Wildman–Crippen LogP) is 2.57. The lowest BCUT2D eigenvalue weighted by Crippen LogP contribution is -2.12. The van der Waals surface area contributed by atoms with E-state index in [1.54, 1.807) is 42.6 Å². The molecule has 0 aliphatic heterocycles. The Morgan fingerprint density at radius 3 is 2.59 bits per heavy atom. The summed E-state index contributed by atoms with van der Waals surface area (Å²) in [6.07, 6.45) is 1.56. The number of rotatable bonds is 2. The summed E-state index contributed by atoms with van der Waals surface area (Å²) >= 11 is 5.84. The number of aromatic nitrogens is 1. The molecule has 0 spiro atoms. The van der Waals surface area contributed by atoms with Crippen molar-refractivity contribution in [1.29, 1.82) is 0 Å². The fourth-order valence-corrected chi connectivity index (χ4v) is 1.47. The number of carbonyl (C=O) groups excluding carboxylic acids is 1. The molecule has 0 unspecified atom stereocenters. The van der Waals surface area contributed by atoms with E-state index in [1.807, 2.05) is 0 Å². The van der Waals surface area contributed by atoms with Crippen LogP contribution in [0.25, 0.3) is 0 Å². The molecule has 0 aliphatic rings. The number of carbonyl (C=O) groups is 1. The molecule has 0 bridgehead atoms. The first-order valence-electron chi connectivity index (χ1n) is 4.94. The van der Waals surface area contributed by atoms with Gasteiger partial charge in [-0.2, -0.15) is 0 Å². The van der Waals surface area contributed by atoms with Gasteiger partial charge in [0.2, 0.25) is 0 Å². The number of amides is 1. The number of nitrogens with zero attached hydrogens (tertiary/aromatic N) is 1. The molecule has 1 heterocycles. The molecule has 2 rings (SSSR count). The Morgan fingerprint density at radius 1 is 1.24 bits per heavy atom. The molecule has 1 aromatic heterocycles. The molecule has 0 saturated heterocycles. The molecule has 5 heteroatoms. The molecular weight excluding hydrogens is 238 g/mol. The zero-order valence-corrected chi connectivity index (χ0v) is 9.61. The Hall–Kier alpha value is -2.07. The number of nitrogens with two attached hydrogens (primary N) is 1. The van der Waals surface area contributed by atoms with Crippen molar-refractivity contribution in [3.8, 4) is 0 Å². The molecule has 0 radical (unpaired) electrons. The van der Waals surface area contributed by atoms with Crippen molar-refractivity contribution in [2.45, 2.75) is 0 Å². The molecule has 3 N–H and O–H groups in total. The third-order valence-electron chi connectivity index (χ3n) is 2.18. The van der Waals surface area contributed by atoms with Gasteiger partial charge in [0.25, 0.3) is 5.91 Å². The first-order chi connectivity index (χ1) is 8.16. The molecule has 0 saturated carbocycles. The largest absolute Gasteiger partial charge is 0.399 e. The molecular formula is C12H10ClN3O. The first-order valence-corrected chi connectivity index (χ1v) is 5.32. The minimum Gasteiger partial charge on any atom is -0.399 e. The highest BCUT2D eigenvalue weighted by molar-refractivity contribution is 6.32. The smallest absolute Gasteiger partial charge is 0.255 e. The van der Waals surface area contributed by atoms with Gasteiger partial charge >= 0.3 is 0 Å². The summed E-state index contributed by atoms with van der Waals surface area (Å²) in [6, 6.07) is 10.0. The summed E-state index contributed by atoms with van der Waals surface area (Å²) in [4.78, 5) is 15.7. The van der Waals surface area contributed by atoms with Crippen LogP contribution in [-0.4, -0.2) is 10.9 Å². The van der Waals surface area contributed by atoms with Crippen LogP contribution in [0.3, 0.4) is 0 Å². The standard InChI is InChI=1S/C12H10ClN3O/c13-11-10(2-1-7-15-11)16-12(17)8-3-5-9(14)6-4-8/h1-7H,14H2,(H,16,17). The molecule has 0 aliphatic carbocycles. The van der Waals surface area contributed by atoms with Gasteiger partial charge in [-0.15, -0.1) is 0 Å². The number of anilines is 2. The van der Waals surface area contributed by atoms with Crippen molar-refractivity contribution in [2.24, 2.45) is 0 Å². The maximum absolute atomic E-state index is 11.8. The summed E-state index contributed by atoms with van der Waals surface area (Å²) in [5.74, 6) is -0.250. The Labute approximate surface area is 103 Å². The highest BCUT2D eigenvalue weighted by Gasteiger charge is 2.08. The number of hydrogen-bond acceptors (Lipinski definition) is 3. The van der Waals surface area contributed by atoms with E-state index >= 15 is 0 Å². The van der Waals surface area contributed by atoms with Crippen LogP contribution in [0.5, 0.6) is 0 Å². The summed E-state index contributed by atoms with van der Waals surface area (Å²) in [7, 11) is 0. The number of hydrogen-bond donors (Lipinski definition) is 2. The summed E-state index contributed by atoms with van der Waals surface area (Å²) in [5, 5.41) is 2.93. The van der Waals surface area contributed by atoms with E-state index < -0.39 is 0 Å². The average molecular weight is 248 g/mol. The van der Waals surface area contributed by atoms with Gasteiger partial charge in [-0.05, 0) is 36.4 Å². The van der Waals surface area contributed by atoms with Gasteiger partial charge in [-0.1, -0.05) is 11.6 Å². The van der Waals surface area contributed by atoms with Crippen molar-refractivity contribution in [2.75, 3.05) is 11.1 Å². The second kappa shape index (κ2) is 4.84. The second-order valence-electron chi connectivity index (χ2n) is 3.42. The fourth-order valence-electron chi connectivity index (χ4n) is 1.31. The molecule has 2 aromatic rings. The number of halogens is 1. The van der Waals surface area contributed by atoms with E-state index in [2.05, 4.69) is 10.3 Å². The molecule has 4 nitrogen and oxygen atoms in total. The topological polar surface area (TPSA) is 68.0 Å². The monoisotopic (exact) mass is 247 g/mol. The number of nitrogens with one attached hydrogen (secondary N) is 1. The van der Waals surface area contributed by atoms with Crippen LogP contribution in [-0.2, 0) is 0 Å². The van der Waals surface area contributed by atoms with Crippen LogP contribution in [0.15, 0.2) is 42.6 Å². The minimum absolute atomic E-state index is 0.250. The van der Waals surface area contributed by atoms with Crippen LogP contribution < -0.4 is 11.1 Å². The SMILES string of the molecule is Nc1ccc(C(=O)Nc2cccnc2Cl)cc1.